The summed E-state index contributed by atoms with van der Waals surface area (Å²) in [5.41, 5.74) is 7.53. The molecule has 5 rings (SSSR count). The minimum absolute atomic E-state index is 0.0717. The van der Waals surface area contributed by atoms with Crippen LogP contribution in [0.1, 0.15) is 45.2 Å². The van der Waals surface area contributed by atoms with Crippen LogP contribution in [0.5, 0.6) is 11.6 Å². The fraction of sp³-hybridized carbons (Fsp3) is 0.343. The van der Waals surface area contributed by atoms with Gasteiger partial charge in [-0.2, -0.15) is 14.6 Å². The molecule has 48 heavy (non-hydrogen) atoms. The van der Waals surface area contributed by atoms with Crippen LogP contribution in [0.4, 0.5) is 21.1 Å². The second-order valence-corrected chi connectivity index (χ2v) is 12.2. The Labute approximate surface area is 278 Å². The Morgan fingerprint density at radius 2 is 1.79 bits per heavy atom. The topological polar surface area (TPSA) is 151 Å². The number of carbonyl (C=O) groups excluding carboxylic acids is 3. The van der Waals surface area contributed by atoms with Gasteiger partial charge in [-0.3, -0.25) is 4.79 Å². The molecule has 0 spiro atoms. The maximum absolute atomic E-state index is 13.9. The average molecular weight is 657 g/mol. The van der Waals surface area contributed by atoms with Crippen LogP contribution in [-0.4, -0.2) is 69.0 Å². The molecule has 13 heteroatoms. The highest BCUT2D eigenvalue weighted by Crippen LogP contribution is 2.36. The van der Waals surface area contributed by atoms with Crippen molar-refractivity contribution in [1.82, 2.24) is 19.5 Å². The first kappa shape index (κ1) is 33.8. The molecule has 2 aromatic heterocycles. The molecule has 1 atom stereocenters. The molecule has 0 radical (unpaired) electrons. The highest BCUT2D eigenvalue weighted by Gasteiger charge is 2.34. The zero-order valence-corrected chi connectivity index (χ0v) is 27.7. The van der Waals surface area contributed by atoms with E-state index in [1.54, 1.807) is 64.2 Å². The molecule has 0 bridgehead atoms. The number of ether oxygens (including phenoxy) is 4. The molecule has 3 amide bonds. The first-order valence-electron chi connectivity index (χ1n) is 15.7. The summed E-state index contributed by atoms with van der Waals surface area (Å²) < 4.78 is 25.1. The van der Waals surface area contributed by atoms with Gasteiger partial charge < -0.3 is 29.6 Å². The SMILES string of the molecule is CCOc1ccc(N(C(=O)OC(C)(C)C)c2c(C)c(OC3CN(C(=O)OCc4ccccc4)CC/C3=C\C(N)=O)nc3ccnn23)cc1. The third-order valence-corrected chi connectivity index (χ3v) is 7.40. The van der Waals surface area contributed by atoms with Crippen molar-refractivity contribution >= 4 is 35.2 Å². The molecule has 2 N–H and O–H groups in total. The summed E-state index contributed by atoms with van der Waals surface area (Å²) in [4.78, 5) is 46.6. The van der Waals surface area contributed by atoms with E-state index in [2.05, 4.69) is 5.10 Å². The van der Waals surface area contributed by atoms with Gasteiger partial charge in [0.15, 0.2) is 11.5 Å². The Hall–Kier alpha value is -5.59. The number of benzene rings is 2. The summed E-state index contributed by atoms with van der Waals surface area (Å²) in [6.45, 7) is 9.96. The first-order chi connectivity index (χ1) is 22.9. The second-order valence-electron chi connectivity index (χ2n) is 12.2. The summed E-state index contributed by atoms with van der Waals surface area (Å²) >= 11 is 0. The summed E-state index contributed by atoms with van der Waals surface area (Å²) in [5.74, 6) is 0.496. The number of hydrogen-bond donors (Lipinski definition) is 1. The fourth-order valence-corrected chi connectivity index (χ4v) is 5.25. The molecule has 252 valence electrons. The van der Waals surface area contributed by atoms with Crippen molar-refractivity contribution < 1.29 is 33.3 Å². The van der Waals surface area contributed by atoms with Crippen LogP contribution < -0.4 is 20.1 Å². The van der Waals surface area contributed by atoms with Gasteiger partial charge in [0, 0.05) is 18.7 Å². The van der Waals surface area contributed by atoms with E-state index in [0.29, 0.717) is 53.6 Å². The highest BCUT2D eigenvalue weighted by molar-refractivity contribution is 5.96. The van der Waals surface area contributed by atoms with Crippen molar-refractivity contribution in [2.24, 2.45) is 5.73 Å². The lowest BCUT2D eigenvalue weighted by Crippen LogP contribution is -2.46. The van der Waals surface area contributed by atoms with Gasteiger partial charge in [0.25, 0.3) is 0 Å². The number of anilines is 2. The van der Waals surface area contributed by atoms with Crippen molar-refractivity contribution in [2.75, 3.05) is 24.6 Å². The summed E-state index contributed by atoms with van der Waals surface area (Å²) in [7, 11) is 0. The number of likely N-dealkylation sites (tertiary alicyclic amines) is 1. The maximum atomic E-state index is 13.9. The normalized spacial score (nSPS) is 15.6. The van der Waals surface area contributed by atoms with Crippen molar-refractivity contribution in [3.63, 3.8) is 0 Å². The maximum Gasteiger partial charge on any atom is 0.420 e. The van der Waals surface area contributed by atoms with E-state index in [1.165, 1.54) is 20.4 Å². The van der Waals surface area contributed by atoms with Gasteiger partial charge in [0.05, 0.1) is 30.6 Å². The summed E-state index contributed by atoms with van der Waals surface area (Å²) in [5, 5.41) is 4.46. The number of aromatic nitrogens is 3. The largest absolute Gasteiger partial charge is 0.494 e. The van der Waals surface area contributed by atoms with E-state index < -0.39 is 29.8 Å². The van der Waals surface area contributed by atoms with Crippen LogP contribution in [0.3, 0.4) is 0 Å². The van der Waals surface area contributed by atoms with Crippen molar-refractivity contribution in [1.29, 1.82) is 0 Å². The molecule has 1 unspecified atom stereocenters. The average Bonchev–Trinajstić information content (AvgIpc) is 3.51. The smallest absolute Gasteiger partial charge is 0.420 e. The lowest BCUT2D eigenvalue weighted by atomic mass is 10.0. The standard InChI is InChI=1S/C35H40N6O7/c1-6-45-27-14-12-26(13-15-27)40(34(44)48-35(3,4)5)32-23(2)31(38-30-16-18-37-41(30)32)47-28-21-39(19-17-25(28)20-29(36)42)33(43)46-22-24-10-8-7-9-11-24/h7-16,18,20,28H,6,17,19,21-22H2,1-5H3,(H2,36,42)/b25-20+. The molecular formula is C35H40N6O7. The molecule has 0 aliphatic carbocycles. The lowest BCUT2D eigenvalue weighted by Gasteiger charge is -2.34. The molecule has 1 saturated heterocycles. The zero-order valence-electron chi connectivity index (χ0n) is 27.7. The molecule has 3 heterocycles. The van der Waals surface area contributed by atoms with Crippen molar-refractivity contribution in [3.05, 3.63) is 89.6 Å². The Bertz CT molecular complexity index is 1800. The Balaban J connectivity index is 1.52. The predicted octanol–water partition coefficient (Wildman–Crippen LogP) is 5.71. The highest BCUT2D eigenvalue weighted by atomic mass is 16.6. The summed E-state index contributed by atoms with van der Waals surface area (Å²) in [6, 6.07) is 18.1. The first-order valence-corrected chi connectivity index (χ1v) is 15.7. The third kappa shape index (κ3) is 8.03. The third-order valence-electron chi connectivity index (χ3n) is 7.40. The van der Waals surface area contributed by atoms with Crippen molar-refractivity contribution in [2.45, 2.75) is 59.4 Å². The number of amides is 3. The molecule has 1 aliphatic rings. The van der Waals surface area contributed by atoms with E-state index in [9.17, 15) is 14.4 Å². The van der Waals surface area contributed by atoms with E-state index in [1.807, 2.05) is 37.3 Å². The summed E-state index contributed by atoms with van der Waals surface area (Å²) in [6.07, 6.45) is 1.24. The minimum atomic E-state index is -0.806. The van der Waals surface area contributed by atoms with Gasteiger partial charge in [0.1, 0.15) is 24.1 Å². The molecular weight excluding hydrogens is 616 g/mol. The molecule has 2 aromatic carbocycles. The van der Waals surface area contributed by atoms with Crippen LogP contribution in [0.25, 0.3) is 5.65 Å². The van der Waals surface area contributed by atoms with Gasteiger partial charge in [-0.05, 0) is 76.4 Å². The van der Waals surface area contributed by atoms with Gasteiger partial charge in [-0.1, -0.05) is 30.3 Å². The number of nitrogens with zero attached hydrogens (tertiary/aromatic N) is 5. The fourth-order valence-electron chi connectivity index (χ4n) is 5.25. The number of carbonyl (C=O) groups is 3. The second kappa shape index (κ2) is 14.4. The number of hydrogen-bond acceptors (Lipinski definition) is 9. The Morgan fingerprint density at radius 1 is 1.06 bits per heavy atom. The number of primary amides is 1. The van der Waals surface area contributed by atoms with E-state index >= 15 is 0 Å². The van der Waals surface area contributed by atoms with Gasteiger partial charge in [-0.25, -0.2) is 14.5 Å². The Morgan fingerprint density at radius 3 is 2.46 bits per heavy atom. The van der Waals surface area contributed by atoms with Gasteiger partial charge in [0.2, 0.25) is 11.8 Å². The molecule has 1 fully saturated rings. The molecule has 0 saturated carbocycles. The zero-order chi connectivity index (χ0) is 34.4. The Kier molecular flexibility index (Phi) is 10.2. The number of nitrogens with two attached hydrogens (primary N) is 1. The monoisotopic (exact) mass is 656 g/mol. The molecule has 1 aliphatic heterocycles. The van der Waals surface area contributed by atoms with E-state index in [-0.39, 0.29) is 19.0 Å². The number of fused-ring (bicyclic) bond motifs is 1. The van der Waals surface area contributed by atoms with Crippen LogP contribution in [0.2, 0.25) is 0 Å². The quantitative estimate of drug-likeness (QED) is 0.223. The van der Waals surface area contributed by atoms with Crippen LogP contribution in [0, 0.1) is 6.92 Å². The van der Waals surface area contributed by atoms with Gasteiger partial charge in [-0.15, -0.1) is 0 Å². The van der Waals surface area contributed by atoms with Crippen LogP contribution >= 0.6 is 0 Å². The minimum Gasteiger partial charge on any atom is -0.494 e. The predicted molar refractivity (Wildman–Crippen MR) is 178 cm³/mol. The van der Waals surface area contributed by atoms with Crippen LogP contribution in [0.15, 0.2) is 78.5 Å². The molecule has 4 aromatic rings. The van der Waals surface area contributed by atoms with Gasteiger partial charge >= 0.3 is 12.2 Å². The lowest BCUT2D eigenvalue weighted by molar-refractivity contribution is -0.113. The molecule has 13 nitrogen and oxygen atoms in total. The van der Waals surface area contributed by atoms with Crippen LogP contribution in [-0.2, 0) is 20.9 Å². The van der Waals surface area contributed by atoms with E-state index in [0.717, 1.165) is 5.56 Å². The van der Waals surface area contributed by atoms with E-state index in [4.69, 9.17) is 29.7 Å². The number of rotatable bonds is 9. The number of piperidine rings is 1. The van der Waals surface area contributed by atoms with Crippen molar-refractivity contribution in [3.8, 4) is 11.6 Å².